The first-order valence-electron chi connectivity index (χ1n) is 4.73. The Morgan fingerprint density at radius 3 is 1.27 bits per heavy atom. The van der Waals surface area contributed by atoms with E-state index in [9.17, 15) is 0 Å². The van der Waals surface area contributed by atoms with Crippen LogP contribution in [0.15, 0.2) is 0 Å². The molecule has 0 heterocycles. The molecule has 4 N–H and O–H groups in total. The van der Waals surface area contributed by atoms with Crippen molar-refractivity contribution in [3.8, 4) is 0 Å². The predicted octanol–water partition coefficient (Wildman–Crippen LogP) is 1.88. The molecule has 0 spiro atoms. The average molecular weight is 160 g/mol. The summed E-state index contributed by atoms with van der Waals surface area (Å²) < 4.78 is 0. The van der Waals surface area contributed by atoms with Gasteiger partial charge < -0.3 is 11.5 Å². The Bertz CT molecular complexity index is 40.8. The molecule has 0 saturated heterocycles. The molecule has 0 aromatic carbocycles. The van der Waals surface area contributed by atoms with Gasteiger partial charge in [0.05, 0.1) is 0 Å². The molecule has 0 atom stereocenters. The van der Waals surface area contributed by atoms with Gasteiger partial charge in [-0.3, -0.25) is 0 Å². The summed E-state index contributed by atoms with van der Waals surface area (Å²) in [5.41, 5.74) is 10.5. The number of hydrogen-bond acceptors (Lipinski definition) is 2. The lowest BCUT2D eigenvalue weighted by Gasteiger charge is -1.91. The molecule has 0 aliphatic carbocycles. The molecule has 0 aromatic heterocycles. The van der Waals surface area contributed by atoms with E-state index in [2.05, 4.69) is 13.8 Å². The van der Waals surface area contributed by atoms with E-state index >= 15 is 0 Å². The van der Waals surface area contributed by atoms with Crippen LogP contribution in [0.1, 0.15) is 46.0 Å². The summed E-state index contributed by atoms with van der Waals surface area (Å²) in [6, 6.07) is 0. The van der Waals surface area contributed by atoms with Gasteiger partial charge in [-0.15, -0.1) is 0 Å². The summed E-state index contributed by atoms with van der Waals surface area (Å²) in [4.78, 5) is 0. The molecule has 2 nitrogen and oxygen atoms in total. The number of nitrogens with two attached hydrogens (primary N) is 2. The first-order chi connectivity index (χ1) is 5.33. The van der Waals surface area contributed by atoms with E-state index < -0.39 is 0 Å². The second-order valence-corrected chi connectivity index (χ2v) is 2.64. The zero-order valence-electron chi connectivity index (χ0n) is 8.10. The van der Waals surface area contributed by atoms with Crippen LogP contribution in [0.5, 0.6) is 0 Å². The highest BCUT2D eigenvalue weighted by molar-refractivity contribution is 4.41. The molecular weight excluding hydrogens is 136 g/mol. The number of hydrogen-bond donors (Lipinski definition) is 2. The Labute approximate surface area is 71.3 Å². The molecule has 0 unspecified atom stereocenters. The van der Waals surface area contributed by atoms with E-state index in [-0.39, 0.29) is 0 Å². The maximum Gasteiger partial charge on any atom is -0.00773 e. The van der Waals surface area contributed by atoms with Crippen LogP contribution in [0.4, 0.5) is 0 Å². The monoisotopic (exact) mass is 160 g/mol. The zero-order chi connectivity index (χ0) is 8.95. The summed E-state index contributed by atoms with van der Waals surface area (Å²) in [6.45, 7) is 5.97. The predicted molar refractivity (Wildman–Crippen MR) is 52.5 cm³/mol. The Balaban J connectivity index is 0. The SMILES string of the molecule is CCCC.NCCCCCN. The van der Waals surface area contributed by atoms with E-state index in [1.165, 1.54) is 19.3 Å². The standard InChI is InChI=1S/C5H14N2.C4H10/c6-4-2-1-3-5-7;1-3-4-2/h1-7H2;3-4H2,1-2H3. The third-order valence-electron chi connectivity index (χ3n) is 1.41. The van der Waals surface area contributed by atoms with E-state index in [1.807, 2.05) is 0 Å². The fourth-order valence-corrected chi connectivity index (χ4v) is 0.465. The molecule has 0 saturated carbocycles. The number of unbranched alkanes of at least 4 members (excludes halogenated alkanes) is 3. The molecule has 0 fully saturated rings. The van der Waals surface area contributed by atoms with Crippen molar-refractivity contribution in [1.82, 2.24) is 0 Å². The quantitative estimate of drug-likeness (QED) is 0.603. The summed E-state index contributed by atoms with van der Waals surface area (Å²) in [5.74, 6) is 0. The summed E-state index contributed by atoms with van der Waals surface area (Å²) in [7, 11) is 0. The molecule has 70 valence electrons. The lowest BCUT2D eigenvalue weighted by molar-refractivity contribution is 0.695. The van der Waals surface area contributed by atoms with E-state index in [4.69, 9.17) is 11.5 Å². The van der Waals surface area contributed by atoms with Crippen LogP contribution >= 0.6 is 0 Å². The van der Waals surface area contributed by atoms with Gasteiger partial charge in [0.1, 0.15) is 0 Å². The summed E-state index contributed by atoms with van der Waals surface area (Å²) in [5, 5.41) is 0. The van der Waals surface area contributed by atoms with E-state index in [0.29, 0.717) is 0 Å². The molecule has 0 rings (SSSR count). The minimum Gasteiger partial charge on any atom is -0.330 e. The smallest absolute Gasteiger partial charge is 0.00773 e. The first kappa shape index (κ1) is 13.5. The number of rotatable bonds is 5. The van der Waals surface area contributed by atoms with Crippen LogP contribution in [0.2, 0.25) is 0 Å². The van der Waals surface area contributed by atoms with Crippen LogP contribution in [0.3, 0.4) is 0 Å². The molecular formula is C9H24N2. The zero-order valence-corrected chi connectivity index (χ0v) is 8.10. The van der Waals surface area contributed by atoms with Crippen LogP contribution in [-0.4, -0.2) is 13.1 Å². The topological polar surface area (TPSA) is 52.0 Å². The van der Waals surface area contributed by atoms with E-state index in [0.717, 1.165) is 25.9 Å². The normalized spacial score (nSPS) is 8.73. The van der Waals surface area contributed by atoms with Crippen LogP contribution in [0, 0.1) is 0 Å². The Hall–Kier alpha value is -0.0800. The Kier molecular flexibility index (Phi) is 20.2. The second kappa shape index (κ2) is 16.5. The lowest BCUT2D eigenvalue weighted by atomic mass is 10.2. The molecule has 0 amide bonds. The third kappa shape index (κ3) is 25.7. The second-order valence-electron chi connectivity index (χ2n) is 2.64. The third-order valence-corrected chi connectivity index (χ3v) is 1.41. The van der Waals surface area contributed by atoms with Gasteiger partial charge in [-0.05, 0) is 25.9 Å². The van der Waals surface area contributed by atoms with Gasteiger partial charge in [-0.25, -0.2) is 0 Å². The van der Waals surface area contributed by atoms with Crippen molar-refractivity contribution in [2.24, 2.45) is 11.5 Å². The fraction of sp³-hybridized carbons (Fsp3) is 1.00. The van der Waals surface area contributed by atoms with E-state index in [1.54, 1.807) is 0 Å². The minimum absolute atomic E-state index is 0.806. The van der Waals surface area contributed by atoms with Gasteiger partial charge in [-0.1, -0.05) is 33.1 Å². The highest BCUT2D eigenvalue weighted by atomic mass is 14.5. The van der Waals surface area contributed by atoms with Crippen molar-refractivity contribution >= 4 is 0 Å². The Morgan fingerprint density at radius 1 is 0.727 bits per heavy atom. The maximum atomic E-state index is 5.23. The van der Waals surface area contributed by atoms with Crippen molar-refractivity contribution in [2.45, 2.75) is 46.0 Å². The van der Waals surface area contributed by atoms with Crippen LogP contribution < -0.4 is 11.5 Å². The van der Waals surface area contributed by atoms with Crippen LogP contribution in [-0.2, 0) is 0 Å². The minimum atomic E-state index is 0.806. The maximum absolute atomic E-state index is 5.23. The van der Waals surface area contributed by atoms with Crippen molar-refractivity contribution in [2.75, 3.05) is 13.1 Å². The lowest BCUT2D eigenvalue weighted by Crippen LogP contribution is -2.02. The summed E-state index contributed by atoms with van der Waals surface area (Å²) >= 11 is 0. The molecule has 0 bridgehead atoms. The molecule has 0 aliphatic heterocycles. The molecule has 2 heteroatoms. The van der Waals surface area contributed by atoms with Crippen molar-refractivity contribution in [3.05, 3.63) is 0 Å². The highest BCUT2D eigenvalue weighted by Gasteiger charge is 1.80. The Morgan fingerprint density at radius 2 is 1.09 bits per heavy atom. The fourth-order valence-electron chi connectivity index (χ4n) is 0.465. The molecule has 0 aromatic rings. The van der Waals surface area contributed by atoms with Gasteiger partial charge in [0.2, 0.25) is 0 Å². The largest absolute Gasteiger partial charge is 0.330 e. The van der Waals surface area contributed by atoms with Gasteiger partial charge in [0.15, 0.2) is 0 Å². The van der Waals surface area contributed by atoms with Crippen molar-refractivity contribution < 1.29 is 0 Å². The van der Waals surface area contributed by atoms with Crippen molar-refractivity contribution in [1.29, 1.82) is 0 Å². The van der Waals surface area contributed by atoms with Crippen LogP contribution in [0.25, 0.3) is 0 Å². The van der Waals surface area contributed by atoms with Crippen molar-refractivity contribution in [3.63, 3.8) is 0 Å². The first-order valence-corrected chi connectivity index (χ1v) is 4.73. The van der Waals surface area contributed by atoms with Gasteiger partial charge in [-0.2, -0.15) is 0 Å². The molecule has 11 heavy (non-hydrogen) atoms. The molecule has 0 radical (unpaired) electrons. The summed E-state index contributed by atoms with van der Waals surface area (Å²) in [6.07, 6.45) is 6.07. The van der Waals surface area contributed by atoms with Gasteiger partial charge >= 0.3 is 0 Å². The average Bonchev–Trinajstić information content (AvgIpc) is 2.06. The van der Waals surface area contributed by atoms with Gasteiger partial charge in [0, 0.05) is 0 Å². The van der Waals surface area contributed by atoms with Gasteiger partial charge in [0.25, 0.3) is 0 Å². The molecule has 0 aliphatic rings. The highest BCUT2D eigenvalue weighted by Crippen LogP contribution is 1.88.